The molecule has 1 aliphatic rings. The fourth-order valence-electron chi connectivity index (χ4n) is 7.31. The lowest BCUT2D eigenvalue weighted by Crippen LogP contribution is -2.16. The van der Waals surface area contributed by atoms with Crippen LogP contribution < -0.4 is 14.5 Å². The highest BCUT2D eigenvalue weighted by Gasteiger charge is 2.27. The number of rotatable bonds is 5. The monoisotopic (exact) mass is 658 g/mol. The minimum absolute atomic E-state index is 0.811. The van der Waals surface area contributed by atoms with Crippen molar-refractivity contribution < 1.29 is 4.74 Å². The van der Waals surface area contributed by atoms with E-state index in [1.165, 1.54) is 42.1 Å². The molecule has 8 aromatic carbocycles. The number of hydrogen-bond donors (Lipinski definition) is 0. The molecule has 0 radical (unpaired) electrons. The van der Waals surface area contributed by atoms with E-state index < -0.39 is 0 Å². The molecule has 10 rings (SSSR count). The van der Waals surface area contributed by atoms with Crippen LogP contribution in [0.3, 0.4) is 0 Å². The van der Waals surface area contributed by atoms with Crippen molar-refractivity contribution in [3.8, 4) is 22.6 Å². The van der Waals surface area contributed by atoms with Gasteiger partial charge in [0.15, 0.2) is 11.5 Å². The zero-order valence-corrected chi connectivity index (χ0v) is 27.8. The molecule has 0 fully saturated rings. The average molecular weight is 659 g/mol. The number of para-hydroxylation sites is 3. The Morgan fingerprint density at radius 3 is 2.02 bits per heavy atom. The van der Waals surface area contributed by atoms with Gasteiger partial charge in [-0.1, -0.05) is 109 Å². The Balaban J connectivity index is 1.08. The standard InChI is InChI=1S/C46H30N2OS/c1-2-13-33(14-3-1)47(34-23-21-32(22-24-34)38-17-10-12-31-11-4-5-15-37(31)38)35-26-28-42-44(29-35)49-43-19-8-7-18-41(43)48(42)36-25-27-40-39-16-6-9-20-45(39)50-46(40)30-36/h1-30H. The molecule has 0 spiro atoms. The van der Waals surface area contributed by atoms with Crippen LogP contribution in [0.1, 0.15) is 0 Å². The maximum atomic E-state index is 6.68. The largest absolute Gasteiger partial charge is 0.453 e. The minimum atomic E-state index is 0.811. The highest BCUT2D eigenvalue weighted by atomic mass is 32.1. The van der Waals surface area contributed by atoms with Gasteiger partial charge in [-0.3, -0.25) is 0 Å². The molecule has 1 aliphatic heterocycles. The highest BCUT2D eigenvalue weighted by molar-refractivity contribution is 7.25. The smallest absolute Gasteiger partial charge is 0.153 e. The molecule has 0 bridgehead atoms. The summed E-state index contributed by atoms with van der Waals surface area (Å²) >= 11 is 1.84. The van der Waals surface area contributed by atoms with Crippen molar-refractivity contribution in [3.05, 3.63) is 182 Å². The van der Waals surface area contributed by atoms with Gasteiger partial charge in [-0.15, -0.1) is 11.3 Å². The van der Waals surface area contributed by atoms with Crippen LogP contribution in [0.25, 0.3) is 42.1 Å². The van der Waals surface area contributed by atoms with Gasteiger partial charge in [0.2, 0.25) is 0 Å². The predicted molar refractivity (Wildman–Crippen MR) is 212 cm³/mol. The quantitative estimate of drug-likeness (QED) is 0.183. The summed E-state index contributed by atoms with van der Waals surface area (Å²) in [5.41, 5.74) is 8.73. The van der Waals surface area contributed by atoms with Crippen LogP contribution in [-0.2, 0) is 0 Å². The lowest BCUT2D eigenvalue weighted by molar-refractivity contribution is 0.477. The Hall–Kier alpha value is -6.36. The van der Waals surface area contributed by atoms with Crippen molar-refractivity contribution in [1.29, 1.82) is 0 Å². The maximum absolute atomic E-state index is 6.68. The number of hydrogen-bond acceptors (Lipinski definition) is 4. The predicted octanol–water partition coefficient (Wildman–Crippen LogP) is 13.9. The Labute approximate surface area is 294 Å². The van der Waals surface area contributed by atoms with E-state index in [-0.39, 0.29) is 0 Å². The zero-order valence-electron chi connectivity index (χ0n) is 27.0. The molecule has 1 aromatic heterocycles. The van der Waals surface area contributed by atoms with Crippen molar-refractivity contribution in [1.82, 2.24) is 0 Å². The first kappa shape index (κ1) is 28.6. The van der Waals surface area contributed by atoms with Gasteiger partial charge in [0.25, 0.3) is 0 Å². The molecule has 0 unspecified atom stereocenters. The number of fused-ring (bicyclic) bond motifs is 6. The summed E-state index contributed by atoms with van der Waals surface area (Å²) in [6, 6.07) is 64.8. The van der Waals surface area contributed by atoms with E-state index >= 15 is 0 Å². The zero-order chi connectivity index (χ0) is 33.0. The SMILES string of the molecule is c1ccc(N(c2ccc(-c3cccc4ccccc34)cc2)c2ccc3c(c2)Oc2ccccc2N3c2ccc3c(c2)sc2ccccc23)cc1. The Morgan fingerprint density at radius 1 is 0.440 bits per heavy atom. The first-order valence-corrected chi connectivity index (χ1v) is 17.7. The van der Waals surface area contributed by atoms with Gasteiger partial charge < -0.3 is 14.5 Å². The van der Waals surface area contributed by atoms with Crippen molar-refractivity contribution in [2.24, 2.45) is 0 Å². The second-order valence-corrected chi connectivity index (χ2v) is 13.7. The summed E-state index contributed by atoms with van der Waals surface area (Å²) in [7, 11) is 0. The molecule has 4 heteroatoms. The number of anilines is 6. The van der Waals surface area contributed by atoms with E-state index in [1.807, 2.05) is 17.4 Å². The van der Waals surface area contributed by atoms with Crippen molar-refractivity contribution in [2.75, 3.05) is 9.80 Å². The van der Waals surface area contributed by atoms with Gasteiger partial charge in [-0.2, -0.15) is 0 Å². The van der Waals surface area contributed by atoms with Crippen molar-refractivity contribution in [3.63, 3.8) is 0 Å². The minimum Gasteiger partial charge on any atom is -0.453 e. The molecule has 0 saturated heterocycles. The maximum Gasteiger partial charge on any atom is 0.153 e. The molecule has 9 aromatic rings. The van der Waals surface area contributed by atoms with Crippen LogP contribution in [0.2, 0.25) is 0 Å². The van der Waals surface area contributed by atoms with Crippen LogP contribution in [0, 0.1) is 0 Å². The third-order valence-electron chi connectivity index (χ3n) is 9.63. The average Bonchev–Trinajstić information content (AvgIpc) is 3.55. The number of thiophene rings is 1. The summed E-state index contributed by atoms with van der Waals surface area (Å²) in [4.78, 5) is 4.62. The number of ether oxygens (including phenoxy) is 1. The van der Waals surface area contributed by atoms with Crippen LogP contribution in [0.4, 0.5) is 34.1 Å². The van der Waals surface area contributed by atoms with Gasteiger partial charge in [0.05, 0.1) is 11.4 Å². The second kappa shape index (κ2) is 11.7. The molecule has 236 valence electrons. The van der Waals surface area contributed by atoms with E-state index in [0.717, 1.165) is 45.6 Å². The van der Waals surface area contributed by atoms with E-state index in [9.17, 15) is 0 Å². The van der Waals surface area contributed by atoms with Gasteiger partial charge >= 0.3 is 0 Å². The fourth-order valence-corrected chi connectivity index (χ4v) is 8.45. The fraction of sp³-hybridized carbons (Fsp3) is 0. The van der Waals surface area contributed by atoms with Crippen LogP contribution in [0.15, 0.2) is 182 Å². The molecular formula is C46H30N2OS. The third kappa shape index (κ3) is 4.73. The summed E-state index contributed by atoms with van der Waals surface area (Å²) in [5, 5.41) is 5.09. The van der Waals surface area contributed by atoms with E-state index in [1.54, 1.807) is 0 Å². The third-order valence-corrected chi connectivity index (χ3v) is 10.8. The summed E-state index contributed by atoms with van der Waals surface area (Å²) in [6.45, 7) is 0. The normalized spacial score (nSPS) is 12.1. The summed E-state index contributed by atoms with van der Waals surface area (Å²) in [5.74, 6) is 1.64. The molecule has 3 nitrogen and oxygen atoms in total. The molecule has 0 saturated carbocycles. The molecule has 50 heavy (non-hydrogen) atoms. The first-order chi connectivity index (χ1) is 24.8. The van der Waals surface area contributed by atoms with Crippen LogP contribution in [0.5, 0.6) is 11.5 Å². The van der Waals surface area contributed by atoms with Crippen LogP contribution >= 0.6 is 11.3 Å². The summed E-state index contributed by atoms with van der Waals surface area (Å²) in [6.07, 6.45) is 0. The molecule has 2 heterocycles. The molecular weight excluding hydrogens is 629 g/mol. The van der Waals surface area contributed by atoms with E-state index in [4.69, 9.17) is 4.74 Å². The first-order valence-electron chi connectivity index (χ1n) is 16.8. The topological polar surface area (TPSA) is 15.7 Å². The van der Waals surface area contributed by atoms with Gasteiger partial charge in [-0.05, 0) is 88.6 Å². The molecule has 0 atom stereocenters. The number of benzene rings is 8. The highest BCUT2D eigenvalue weighted by Crippen LogP contribution is 2.53. The Morgan fingerprint density at radius 2 is 1.12 bits per heavy atom. The second-order valence-electron chi connectivity index (χ2n) is 12.6. The van der Waals surface area contributed by atoms with Crippen molar-refractivity contribution in [2.45, 2.75) is 0 Å². The molecule has 0 amide bonds. The van der Waals surface area contributed by atoms with Crippen molar-refractivity contribution >= 4 is 76.4 Å². The Bertz CT molecular complexity index is 2690. The van der Waals surface area contributed by atoms with Crippen LogP contribution in [-0.4, -0.2) is 0 Å². The molecule has 0 aliphatic carbocycles. The van der Waals surface area contributed by atoms with Gasteiger partial charge in [0, 0.05) is 49.0 Å². The van der Waals surface area contributed by atoms with E-state index in [2.05, 4.69) is 186 Å². The van der Waals surface area contributed by atoms with Gasteiger partial charge in [-0.25, -0.2) is 0 Å². The lowest BCUT2D eigenvalue weighted by Gasteiger charge is -2.34. The summed E-state index contributed by atoms with van der Waals surface area (Å²) < 4.78 is 9.25. The van der Waals surface area contributed by atoms with E-state index in [0.29, 0.717) is 0 Å². The molecule has 0 N–H and O–H groups in total. The van der Waals surface area contributed by atoms with Gasteiger partial charge in [0.1, 0.15) is 0 Å². The lowest BCUT2D eigenvalue weighted by atomic mass is 9.98. The number of nitrogens with zero attached hydrogens (tertiary/aromatic N) is 2. The Kier molecular flexibility index (Phi) is 6.68.